The van der Waals surface area contributed by atoms with Crippen LogP contribution in [0.3, 0.4) is 0 Å². The summed E-state index contributed by atoms with van der Waals surface area (Å²) in [6.45, 7) is -0.845. The van der Waals surface area contributed by atoms with Gasteiger partial charge >= 0.3 is 0 Å². The number of alkyl halides is 2. The molecule has 0 aromatic carbocycles. The van der Waals surface area contributed by atoms with Crippen LogP contribution in [0, 0.1) is 22.7 Å². The molecule has 20 heavy (non-hydrogen) atoms. The second-order valence-electron chi connectivity index (χ2n) is 4.30. The van der Waals surface area contributed by atoms with Crippen molar-refractivity contribution in [2.24, 2.45) is 0 Å². The quantitative estimate of drug-likeness (QED) is 0.793. The van der Waals surface area contributed by atoms with Crippen LogP contribution >= 0.6 is 11.6 Å². The summed E-state index contributed by atoms with van der Waals surface area (Å²) >= 11 is 5.81. The third kappa shape index (κ3) is 2.54. The molecule has 1 atom stereocenters. The number of nitrogens with zero attached hydrogens (tertiary/aromatic N) is 4. The maximum atomic E-state index is 13.3. The number of rotatable bonds is 1. The molecule has 1 amide bonds. The van der Waals surface area contributed by atoms with Crippen molar-refractivity contribution in [1.82, 2.24) is 9.88 Å². The van der Waals surface area contributed by atoms with Gasteiger partial charge in [0.15, 0.2) is 0 Å². The molecular weight excluding hydrogens is 290 g/mol. The van der Waals surface area contributed by atoms with Crippen LogP contribution in [0.15, 0.2) is 12.3 Å². The topological polar surface area (TPSA) is 80.8 Å². The van der Waals surface area contributed by atoms with Crippen molar-refractivity contribution in [3.8, 4) is 12.1 Å². The van der Waals surface area contributed by atoms with E-state index in [2.05, 4.69) is 4.98 Å². The number of hydrogen-bond acceptors (Lipinski definition) is 4. The Balaban J connectivity index is 2.33. The molecule has 0 aliphatic carbocycles. The van der Waals surface area contributed by atoms with Gasteiger partial charge in [-0.05, 0) is 6.07 Å². The van der Waals surface area contributed by atoms with Crippen LogP contribution < -0.4 is 0 Å². The minimum absolute atomic E-state index is 0.110. The first-order valence-electron chi connectivity index (χ1n) is 5.52. The molecule has 0 saturated carbocycles. The van der Waals surface area contributed by atoms with E-state index >= 15 is 0 Å². The van der Waals surface area contributed by atoms with E-state index in [0.29, 0.717) is 0 Å². The summed E-state index contributed by atoms with van der Waals surface area (Å²) in [5.41, 5.74) is -0.0984. The zero-order chi connectivity index (χ0) is 14.9. The first-order chi connectivity index (χ1) is 9.38. The van der Waals surface area contributed by atoms with Gasteiger partial charge in [0.1, 0.15) is 17.8 Å². The van der Waals surface area contributed by atoms with E-state index in [1.54, 1.807) is 12.1 Å². The van der Waals surface area contributed by atoms with E-state index in [-0.39, 0.29) is 16.3 Å². The monoisotopic (exact) mass is 296 g/mol. The summed E-state index contributed by atoms with van der Waals surface area (Å²) in [6.07, 6.45) is 0.415. The highest BCUT2D eigenvalue weighted by Gasteiger charge is 2.47. The number of hydrogen-bond donors (Lipinski definition) is 0. The highest BCUT2D eigenvalue weighted by molar-refractivity contribution is 6.33. The van der Waals surface area contributed by atoms with Crippen LogP contribution in [-0.4, -0.2) is 34.3 Å². The van der Waals surface area contributed by atoms with Crippen molar-refractivity contribution in [3.63, 3.8) is 0 Å². The van der Waals surface area contributed by atoms with Crippen LogP contribution in [0.25, 0.3) is 0 Å². The summed E-state index contributed by atoms with van der Waals surface area (Å²) in [6, 6.07) is 3.46. The van der Waals surface area contributed by atoms with Gasteiger partial charge in [-0.15, -0.1) is 0 Å². The lowest BCUT2D eigenvalue weighted by molar-refractivity contribution is 0.0118. The fourth-order valence-electron chi connectivity index (χ4n) is 1.94. The molecule has 8 heteroatoms. The summed E-state index contributed by atoms with van der Waals surface area (Å²) < 4.78 is 26.6. The van der Waals surface area contributed by atoms with Crippen LogP contribution in [-0.2, 0) is 0 Å². The average molecular weight is 297 g/mol. The summed E-state index contributed by atoms with van der Waals surface area (Å²) in [7, 11) is 0. The van der Waals surface area contributed by atoms with E-state index in [9.17, 15) is 13.6 Å². The van der Waals surface area contributed by atoms with Crippen LogP contribution in [0.1, 0.15) is 22.5 Å². The normalized spacial score (nSPS) is 20.2. The SMILES string of the molecule is N#Cc1cnc(C(=O)N2CC(F)(F)CC2C#N)c(Cl)c1. The molecule has 1 aliphatic rings. The summed E-state index contributed by atoms with van der Waals surface area (Å²) in [5, 5.41) is 17.4. The molecule has 1 unspecified atom stereocenters. The predicted octanol–water partition coefficient (Wildman–Crippen LogP) is 1.98. The van der Waals surface area contributed by atoms with Gasteiger partial charge in [0.25, 0.3) is 11.8 Å². The molecule has 0 bridgehead atoms. The van der Waals surface area contributed by atoms with Crippen molar-refractivity contribution in [3.05, 3.63) is 28.5 Å². The molecule has 2 heterocycles. The largest absolute Gasteiger partial charge is 0.315 e. The standard InChI is InChI=1S/C12H7ClF2N4O/c13-9-1-7(3-16)5-18-10(9)11(20)19-6-12(14,15)2-8(19)4-17/h1,5,8H,2,6H2. The van der Waals surface area contributed by atoms with Gasteiger partial charge in [0.05, 0.1) is 23.2 Å². The molecule has 1 fully saturated rings. The molecule has 0 radical (unpaired) electrons. The van der Waals surface area contributed by atoms with Gasteiger partial charge in [-0.1, -0.05) is 11.6 Å². The van der Waals surface area contributed by atoms with Crippen molar-refractivity contribution in [2.75, 3.05) is 6.54 Å². The fraction of sp³-hybridized carbons (Fsp3) is 0.333. The van der Waals surface area contributed by atoms with Gasteiger partial charge in [-0.2, -0.15) is 10.5 Å². The molecule has 102 valence electrons. The van der Waals surface area contributed by atoms with E-state index in [4.69, 9.17) is 22.1 Å². The fourth-order valence-corrected chi connectivity index (χ4v) is 2.19. The number of amides is 1. The lowest BCUT2D eigenvalue weighted by Crippen LogP contribution is -2.36. The van der Waals surface area contributed by atoms with Crippen molar-refractivity contribution in [2.45, 2.75) is 18.4 Å². The molecule has 1 aliphatic heterocycles. The maximum absolute atomic E-state index is 13.3. The van der Waals surface area contributed by atoms with Gasteiger partial charge in [0.2, 0.25) is 0 Å². The van der Waals surface area contributed by atoms with Gasteiger partial charge < -0.3 is 4.90 Å². The molecule has 1 saturated heterocycles. The molecule has 2 rings (SSSR count). The Morgan fingerprint density at radius 1 is 1.55 bits per heavy atom. The average Bonchev–Trinajstić information content (AvgIpc) is 2.73. The van der Waals surface area contributed by atoms with Crippen molar-refractivity contribution in [1.29, 1.82) is 10.5 Å². The Morgan fingerprint density at radius 2 is 2.25 bits per heavy atom. The van der Waals surface area contributed by atoms with Crippen molar-refractivity contribution < 1.29 is 13.6 Å². The van der Waals surface area contributed by atoms with Crippen LogP contribution in [0.2, 0.25) is 5.02 Å². The highest BCUT2D eigenvalue weighted by Crippen LogP contribution is 2.33. The molecule has 0 spiro atoms. The van der Waals surface area contributed by atoms with E-state index in [1.165, 1.54) is 6.07 Å². The predicted molar refractivity (Wildman–Crippen MR) is 64.0 cm³/mol. The van der Waals surface area contributed by atoms with Crippen LogP contribution in [0.4, 0.5) is 8.78 Å². The minimum atomic E-state index is -3.10. The van der Waals surface area contributed by atoms with Gasteiger partial charge in [0, 0.05) is 12.6 Å². The Hall–Kier alpha value is -2.25. The number of carbonyl (C=O) groups is 1. The number of aromatic nitrogens is 1. The maximum Gasteiger partial charge on any atom is 0.275 e. The zero-order valence-corrected chi connectivity index (χ0v) is 10.7. The first kappa shape index (κ1) is 14.2. The van der Waals surface area contributed by atoms with Crippen LogP contribution in [0.5, 0.6) is 0 Å². The van der Waals surface area contributed by atoms with Crippen molar-refractivity contribution >= 4 is 17.5 Å². The Bertz CT molecular complexity index is 650. The lowest BCUT2D eigenvalue weighted by atomic mass is 10.2. The third-order valence-electron chi connectivity index (χ3n) is 2.85. The van der Waals surface area contributed by atoms with E-state index in [0.717, 1.165) is 11.1 Å². The number of carbonyl (C=O) groups excluding carboxylic acids is 1. The summed E-state index contributed by atoms with van der Waals surface area (Å²) in [5.74, 6) is -3.95. The molecular formula is C12H7ClF2N4O. The smallest absolute Gasteiger partial charge is 0.275 e. The Morgan fingerprint density at radius 3 is 2.80 bits per heavy atom. The second-order valence-corrected chi connectivity index (χ2v) is 4.71. The summed E-state index contributed by atoms with van der Waals surface area (Å²) in [4.78, 5) is 16.6. The second kappa shape index (κ2) is 5.03. The minimum Gasteiger partial charge on any atom is -0.315 e. The van der Waals surface area contributed by atoms with Gasteiger partial charge in [-0.3, -0.25) is 4.79 Å². The number of nitriles is 2. The number of halogens is 3. The molecule has 0 N–H and O–H groups in total. The third-order valence-corrected chi connectivity index (χ3v) is 3.14. The highest BCUT2D eigenvalue weighted by atomic mass is 35.5. The lowest BCUT2D eigenvalue weighted by Gasteiger charge is -2.19. The van der Waals surface area contributed by atoms with E-state index < -0.39 is 30.8 Å². The zero-order valence-electron chi connectivity index (χ0n) is 9.98. The van der Waals surface area contributed by atoms with Gasteiger partial charge in [-0.25, -0.2) is 13.8 Å². The van der Waals surface area contributed by atoms with E-state index in [1.807, 2.05) is 0 Å². The first-order valence-corrected chi connectivity index (χ1v) is 5.90. The number of pyridine rings is 1. The molecule has 1 aromatic rings. The molecule has 1 aromatic heterocycles. The molecule has 5 nitrogen and oxygen atoms in total. The Kier molecular flexibility index (Phi) is 3.56. The Labute approximate surface area is 118 Å². The number of likely N-dealkylation sites (tertiary alicyclic amines) is 1.